The van der Waals surface area contributed by atoms with Crippen LogP contribution in [0.25, 0.3) is 17.0 Å². The predicted octanol–water partition coefficient (Wildman–Crippen LogP) is 4.90. The molecule has 29 heavy (non-hydrogen) atoms. The summed E-state index contributed by atoms with van der Waals surface area (Å²) in [4.78, 5) is 17.7. The summed E-state index contributed by atoms with van der Waals surface area (Å²) in [5.41, 5.74) is 5.04. The van der Waals surface area contributed by atoms with Gasteiger partial charge < -0.3 is 10.3 Å². The van der Waals surface area contributed by atoms with E-state index in [0.717, 1.165) is 61.9 Å². The second kappa shape index (κ2) is 9.42. The highest BCUT2D eigenvalue weighted by Gasteiger charge is 2.15. The summed E-state index contributed by atoms with van der Waals surface area (Å²) in [5.74, 6) is -0.0309. The number of aromatic nitrogens is 1. The van der Waals surface area contributed by atoms with E-state index in [9.17, 15) is 4.79 Å². The van der Waals surface area contributed by atoms with Gasteiger partial charge in [-0.2, -0.15) is 0 Å². The monoisotopic (exact) mass is 451 g/mol. The first kappa shape index (κ1) is 19.9. The van der Waals surface area contributed by atoms with Crippen LogP contribution < -0.4 is 5.32 Å². The molecule has 0 spiro atoms. The lowest BCUT2D eigenvalue weighted by molar-refractivity contribution is -0.116. The number of benzene rings is 2. The summed E-state index contributed by atoms with van der Waals surface area (Å²) in [6.45, 7) is 3.95. The molecule has 5 heteroatoms. The molecule has 1 aliphatic rings. The Morgan fingerprint density at radius 1 is 1.14 bits per heavy atom. The van der Waals surface area contributed by atoms with Crippen molar-refractivity contribution >= 4 is 38.8 Å². The summed E-state index contributed by atoms with van der Waals surface area (Å²) in [7, 11) is 0. The Morgan fingerprint density at radius 3 is 3.00 bits per heavy atom. The number of carbonyl (C=O) groups excluding carboxylic acids is 1. The number of amides is 1. The molecule has 0 fully saturated rings. The van der Waals surface area contributed by atoms with E-state index < -0.39 is 0 Å². The minimum Gasteiger partial charge on any atom is -0.361 e. The van der Waals surface area contributed by atoms with E-state index in [1.165, 1.54) is 15.6 Å². The molecule has 0 aliphatic carbocycles. The van der Waals surface area contributed by atoms with Crippen LogP contribution in [-0.4, -0.2) is 35.4 Å². The second-order valence-electron chi connectivity index (χ2n) is 7.60. The third-order valence-corrected chi connectivity index (χ3v) is 5.96. The SMILES string of the molecule is O=C(C=Cc1ccc2[nH]ccc2c1)NCCCCN1CCc2cc(Br)ccc2C1. The summed E-state index contributed by atoms with van der Waals surface area (Å²) < 4.78 is 1.17. The molecule has 1 amide bonds. The quantitative estimate of drug-likeness (QED) is 0.396. The van der Waals surface area contributed by atoms with E-state index in [0.29, 0.717) is 0 Å². The third kappa shape index (κ3) is 5.37. The standard InChI is InChI=1S/C24H26BrN3O/c25-22-6-5-21-17-28(14-10-19(21)16-22)13-2-1-11-27-24(29)8-4-18-3-7-23-20(15-18)9-12-26-23/h3-9,12,15-16,26H,1-2,10-11,13-14,17H2,(H,27,29). The number of hydrogen-bond donors (Lipinski definition) is 2. The third-order valence-electron chi connectivity index (χ3n) is 5.46. The van der Waals surface area contributed by atoms with Crippen molar-refractivity contribution in [1.29, 1.82) is 0 Å². The topological polar surface area (TPSA) is 48.1 Å². The number of nitrogens with one attached hydrogen (secondary N) is 2. The van der Waals surface area contributed by atoms with Gasteiger partial charge in [-0.05, 0) is 84.3 Å². The van der Waals surface area contributed by atoms with Crippen molar-refractivity contribution < 1.29 is 4.79 Å². The predicted molar refractivity (Wildman–Crippen MR) is 123 cm³/mol. The maximum Gasteiger partial charge on any atom is 0.243 e. The minimum absolute atomic E-state index is 0.0309. The van der Waals surface area contributed by atoms with Gasteiger partial charge in [0.2, 0.25) is 5.91 Å². The molecule has 0 saturated heterocycles. The molecule has 150 valence electrons. The van der Waals surface area contributed by atoms with Crippen LogP contribution >= 0.6 is 15.9 Å². The van der Waals surface area contributed by atoms with Crippen molar-refractivity contribution in [1.82, 2.24) is 15.2 Å². The van der Waals surface area contributed by atoms with Gasteiger partial charge in [0.1, 0.15) is 0 Å². The molecule has 2 aromatic carbocycles. The van der Waals surface area contributed by atoms with Crippen LogP contribution in [0.15, 0.2) is 59.2 Å². The highest BCUT2D eigenvalue weighted by Crippen LogP contribution is 2.23. The maximum absolute atomic E-state index is 12.0. The second-order valence-corrected chi connectivity index (χ2v) is 8.51. The molecule has 0 bridgehead atoms. The number of hydrogen-bond acceptors (Lipinski definition) is 2. The lowest BCUT2D eigenvalue weighted by atomic mass is 10.00. The van der Waals surface area contributed by atoms with E-state index in [1.54, 1.807) is 6.08 Å². The molecule has 1 aromatic heterocycles. The first-order valence-electron chi connectivity index (χ1n) is 10.2. The van der Waals surface area contributed by atoms with Gasteiger partial charge in [0.25, 0.3) is 0 Å². The molecule has 2 N–H and O–H groups in total. The molecule has 1 aliphatic heterocycles. The molecule has 0 radical (unpaired) electrons. The zero-order chi connectivity index (χ0) is 20.1. The average molecular weight is 452 g/mol. The fourth-order valence-electron chi connectivity index (χ4n) is 3.85. The molecular formula is C24H26BrN3O. The van der Waals surface area contributed by atoms with Crippen LogP contribution in [0, 0.1) is 0 Å². The molecule has 4 rings (SSSR count). The molecule has 2 heterocycles. The van der Waals surface area contributed by atoms with Crippen LogP contribution in [0.3, 0.4) is 0 Å². The number of unbranched alkanes of at least 4 members (excludes halogenated alkanes) is 1. The smallest absolute Gasteiger partial charge is 0.243 e. The number of halogens is 1. The van der Waals surface area contributed by atoms with Gasteiger partial charge in [-0.1, -0.05) is 28.1 Å². The number of carbonyl (C=O) groups is 1. The first-order chi connectivity index (χ1) is 14.2. The molecule has 4 nitrogen and oxygen atoms in total. The summed E-state index contributed by atoms with van der Waals surface area (Å²) in [6, 6.07) is 14.8. The van der Waals surface area contributed by atoms with Gasteiger partial charge >= 0.3 is 0 Å². The maximum atomic E-state index is 12.0. The van der Waals surface area contributed by atoms with Gasteiger partial charge in [-0.25, -0.2) is 0 Å². The zero-order valence-corrected chi connectivity index (χ0v) is 18.0. The Hall–Kier alpha value is -2.37. The van der Waals surface area contributed by atoms with Crippen LogP contribution in [-0.2, 0) is 17.8 Å². The molecule has 0 unspecified atom stereocenters. The van der Waals surface area contributed by atoms with Crippen molar-refractivity contribution in [2.24, 2.45) is 0 Å². The van der Waals surface area contributed by atoms with E-state index in [4.69, 9.17) is 0 Å². The van der Waals surface area contributed by atoms with Crippen molar-refractivity contribution in [2.45, 2.75) is 25.8 Å². The lowest BCUT2D eigenvalue weighted by Crippen LogP contribution is -2.32. The van der Waals surface area contributed by atoms with Gasteiger partial charge in [0.05, 0.1) is 0 Å². The van der Waals surface area contributed by atoms with Crippen molar-refractivity contribution in [3.63, 3.8) is 0 Å². The highest BCUT2D eigenvalue weighted by atomic mass is 79.9. The van der Waals surface area contributed by atoms with Crippen molar-refractivity contribution in [2.75, 3.05) is 19.6 Å². The van der Waals surface area contributed by atoms with Gasteiger partial charge in [-0.15, -0.1) is 0 Å². The zero-order valence-electron chi connectivity index (χ0n) is 16.5. The highest BCUT2D eigenvalue weighted by molar-refractivity contribution is 9.10. The fourth-order valence-corrected chi connectivity index (χ4v) is 4.26. The number of H-pyrrole nitrogens is 1. The number of rotatable bonds is 7. The summed E-state index contributed by atoms with van der Waals surface area (Å²) >= 11 is 3.55. The number of nitrogens with zero attached hydrogens (tertiary/aromatic N) is 1. The van der Waals surface area contributed by atoms with Crippen LogP contribution in [0.1, 0.15) is 29.5 Å². The van der Waals surface area contributed by atoms with Crippen LogP contribution in [0.4, 0.5) is 0 Å². The Labute approximate surface area is 180 Å². The molecule has 0 saturated carbocycles. The Morgan fingerprint density at radius 2 is 2.07 bits per heavy atom. The van der Waals surface area contributed by atoms with Crippen LogP contribution in [0.2, 0.25) is 0 Å². The van der Waals surface area contributed by atoms with E-state index in [2.05, 4.69) is 55.4 Å². The van der Waals surface area contributed by atoms with Gasteiger partial charge in [-0.3, -0.25) is 9.69 Å². The van der Waals surface area contributed by atoms with Crippen molar-refractivity contribution in [3.05, 3.63) is 75.9 Å². The van der Waals surface area contributed by atoms with E-state index in [-0.39, 0.29) is 5.91 Å². The lowest BCUT2D eigenvalue weighted by Gasteiger charge is -2.28. The number of aromatic amines is 1. The summed E-state index contributed by atoms with van der Waals surface area (Å²) in [6.07, 6.45) is 8.62. The fraction of sp³-hybridized carbons (Fsp3) is 0.292. The normalized spacial score (nSPS) is 14.4. The van der Waals surface area contributed by atoms with E-state index >= 15 is 0 Å². The first-order valence-corrected chi connectivity index (χ1v) is 11.0. The minimum atomic E-state index is -0.0309. The van der Waals surface area contributed by atoms with Gasteiger partial charge in [0, 0.05) is 41.9 Å². The largest absolute Gasteiger partial charge is 0.361 e. The Kier molecular flexibility index (Phi) is 6.47. The number of fused-ring (bicyclic) bond motifs is 2. The Bertz CT molecular complexity index is 1020. The van der Waals surface area contributed by atoms with Gasteiger partial charge in [0.15, 0.2) is 0 Å². The van der Waals surface area contributed by atoms with Crippen LogP contribution in [0.5, 0.6) is 0 Å². The molecule has 3 aromatic rings. The molecular weight excluding hydrogens is 426 g/mol. The average Bonchev–Trinajstić information content (AvgIpc) is 3.20. The molecule has 0 atom stereocenters. The van der Waals surface area contributed by atoms with Crippen molar-refractivity contribution in [3.8, 4) is 0 Å². The Balaban J connectivity index is 1.15. The van der Waals surface area contributed by atoms with E-state index in [1.807, 2.05) is 30.5 Å². The summed E-state index contributed by atoms with van der Waals surface area (Å²) in [5, 5.41) is 4.14.